The van der Waals surface area contributed by atoms with Crippen LogP contribution in [0.5, 0.6) is 0 Å². The van der Waals surface area contributed by atoms with Crippen LogP contribution in [0.1, 0.15) is 30.5 Å². The Bertz CT molecular complexity index is 635. The molecule has 3 heterocycles. The molecule has 2 N–H and O–H groups in total. The van der Waals surface area contributed by atoms with Gasteiger partial charge in [-0.1, -0.05) is 12.1 Å². The van der Waals surface area contributed by atoms with Crippen molar-refractivity contribution in [2.45, 2.75) is 37.8 Å². The number of aromatic nitrogens is 1. The molecule has 1 saturated heterocycles. The molecule has 2 aliphatic rings. The summed E-state index contributed by atoms with van der Waals surface area (Å²) in [7, 11) is 0. The summed E-state index contributed by atoms with van der Waals surface area (Å²) in [6.07, 6.45) is 6.46. The fraction of sp³-hybridized carbons (Fsp3) is 0.556. The summed E-state index contributed by atoms with van der Waals surface area (Å²) in [6.45, 7) is 2.47. The monoisotopic (exact) mass is 333 g/mol. The molecule has 2 aliphatic heterocycles. The minimum absolute atomic E-state index is 0.361. The van der Waals surface area contributed by atoms with Crippen LogP contribution >= 0.6 is 0 Å². The minimum atomic E-state index is -1.21. The van der Waals surface area contributed by atoms with Crippen LogP contribution in [0.2, 0.25) is 0 Å². The van der Waals surface area contributed by atoms with Crippen molar-refractivity contribution in [1.29, 1.82) is 0 Å². The van der Waals surface area contributed by atoms with E-state index in [2.05, 4.69) is 16.4 Å². The van der Waals surface area contributed by atoms with Crippen LogP contribution in [0.4, 0.5) is 10.2 Å². The molecule has 24 heavy (non-hydrogen) atoms. The fourth-order valence-electron chi connectivity index (χ4n) is 3.44. The van der Waals surface area contributed by atoms with Crippen molar-refractivity contribution in [3.8, 4) is 0 Å². The van der Waals surface area contributed by atoms with Crippen molar-refractivity contribution in [2.24, 2.45) is 0 Å². The van der Waals surface area contributed by atoms with Gasteiger partial charge in [-0.25, -0.2) is 14.2 Å². The molecule has 3 rings (SSSR count). The maximum absolute atomic E-state index is 14.9. The predicted molar refractivity (Wildman–Crippen MR) is 91.0 cm³/mol. The smallest absolute Gasteiger partial charge is 0.328 e. The number of nitrogens with zero attached hydrogens (tertiary/aromatic N) is 2. The van der Waals surface area contributed by atoms with Gasteiger partial charge in [-0.15, -0.1) is 0 Å². The number of hydrogen-bond acceptors (Lipinski definition) is 4. The van der Waals surface area contributed by atoms with Crippen LogP contribution in [0.3, 0.4) is 0 Å². The zero-order chi connectivity index (χ0) is 17.0. The summed E-state index contributed by atoms with van der Waals surface area (Å²) in [4.78, 5) is 17.1. The Morgan fingerprint density at radius 1 is 1.50 bits per heavy atom. The van der Waals surface area contributed by atoms with Gasteiger partial charge in [0.05, 0.1) is 0 Å². The molecular formula is C18H24FN3O2. The third kappa shape index (κ3) is 4.32. The highest BCUT2D eigenvalue weighted by molar-refractivity contribution is 5.79. The SMILES string of the molecule is O=C(O)/C=C/CN1CCC(F)(CCc2ccc3c(n2)NCCC3)C1. The maximum Gasteiger partial charge on any atom is 0.328 e. The lowest BCUT2D eigenvalue weighted by Crippen LogP contribution is -2.30. The quantitative estimate of drug-likeness (QED) is 0.783. The molecule has 0 amide bonds. The molecule has 130 valence electrons. The summed E-state index contributed by atoms with van der Waals surface area (Å²) < 4.78 is 14.9. The third-order valence-corrected chi connectivity index (χ3v) is 4.79. The summed E-state index contributed by atoms with van der Waals surface area (Å²) in [5, 5.41) is 11.9. The number of nitrogens with one attached hydrogen (secondary N) is 1. The highest BCUT2D eigenvalue weighted by atomic mass is 19.1. The van der Waals surface area contributed by atoms with Gasteiger partial charge in [0.2, 0.25) is 0 Å². The molecule has 0 aliphatic carbocycles. The molecule has 5 nitrogen and oxygen atoms in total. The normalized spacial score (nSPS) is 24.0. The molecule has 0 bridgehead atoms. The van der Waals surface area contributed by atoms with E-state index >= 15 is 0 Å². The summed E-state index contributed by atoms with van der Waals surface area (Å²) in [5.41, 5.74) is 0.976. The number of halogens is 1. The molecule has 1 aromatic heterocycles. The fourth-order valence-corrected chi connectivity index (χ4v) is 3.44. The second-order valence-electron chi connectivity index (χ2n) is 6.72. The molecule has 1 aromatic rings. The number of fused-ring (bicyclic) bond motifs is 1. The number of carbonyl (C=O) groups is 1. The van der Waals surface area contributed by atoms with Crippen LogP contribution in [0.15, 0.2) is 24.3 Å². The Labute approximate surface area is 141 Å². The second-order valence-corrected chi connectivity index (χ2v) is 6.72. The first-order chi connectivity index (χ1) is 11.5. The van der Waals surface area contributed by atoms with Gasteiger partial charge in [-0.2, -0.15) is 0 Å². The number of rotatable bonds is 6. The van der Waals surface area contributed by atoms with Crippen molar-refractivity contribution in [2.75, 3.05) is 31.5 Å². The van der Waals surface area contributed by atoms with Gasteiger partial charge in [0.15, 0.2) is 0 Å². The molecule has 1 unspecified atom stereocenters. The average Bonchev–Trinajstić information content (AvgIpc) is 2.94. The van der Waals surface area contributed by atoms with Crippen molar-refractivity contribution >= 4 is 11.8 Å². The molecule has 0 aromatic carbocycles. The Morgan fingerprint density at radius 2 is 2.38 bits per heavy atom. The first kappa shape index (κ1) is 16.9. The standard InChI is InChI=1S/C18H24FN3O2/c19-18(9-12-22(13-18)11-2-4-16(23)24)8-7-15-6-5-14-3-1-10-20-17(14)21-15/h2,4-6H,1,3,7-13H2,(H,20,21)(H,23,24)/b4-2+. The molecule has 1 fully saturated rings. The molecule has 1 atom stereocenters. The van der Waals surface area contributed by atoms with E-state index < -0.39 is 11.6 Å². The minimum Gasteiger partial charge on any atom is -0.478 e. The van der Waals surface area contributed by atoms with Crippen LogP contribution in [0, 0.1) is 0 Å². The molecular weight excluding hydrogens is 309 g/mol. The summed E-state index contributed by atoms with van der Waals surface area (Å²) in [5.74, 6) is -0.00804. The summed E-state index contributed by atoms with van der Waals surface area (Å²) >= 11 is 0. The van der Waals surface area contributed by atoms with E-state index in [9.17, 15) is 9.18 Å². The number of anilines is 1. The van der Waals surface area contributed by atoms with E-state index in [1.54, 1.807) is 6.08 Å². The Balaban J connectivity index is 1.52. The number of carboxylic acids is 1. The number of hydrogen-bond donors (Lipinski definition) is 2. The van der Waals surface area contributed by atoms with Gasteiger partial charge in [-0.05, 0) is 43.7 Å². The highest BCUT2D eigenvalue weighted by Crippen LogP contribution is 2.30. The van der Waals surface area contributed by atoms with E-state index in [4.69, 9.17) is 5.11 Å². The van der Waals surface area contributed by atoms with Gasteiger partial charge in [-0.3, -0.25) is 4.90 Å². The Morgan fingerprint density at radius 3 is 3.21 bits per heavy atom. The number of likely N-dealkylation sites (tertiary alicyclic amines) is 1. The molecule has 6 heteroatoms. The van der Waals surface area contributed by atoms with Crippen molar-refractivity contribution in [3.63, 3.8) is 0 Å². The van der Waals surface area contributed by atoms with Crippen LogP contribution in [-0.4, -0.2) is 52.8 Å². The number of carboxylic acid groups (broad SMARTS) is 1. The van der Waals surface area contributed by atoms with Gasteiger partial charge < -0.3 is 10.4 Å². The Hall–Kier alpha value is -1.95. The van der Waals surface area contributed by atoms with Gasteiger partial charge in [0, 0.05) is 37.9 Å². The van der Waals surface area contributed by atoms with Gasteiger partial charge in [0.25, 0.3) is 0 Å². The Kier molecular flexibility index (Phi) is 5.14. The zero-order valence-electron chi connectivity index (χ0n) is 13.8. The lowest BCUT2D eigenvalue weighted by molar-refractivity contribution is -0.131. The van der Waals surface area contributed by atoms with Crippen molar-refractivity contribution in [3.05, 3.63) is 35.5 Å². The molecule has 0 radical (unpaired) electrons. The van der Waals surface area contributed by atoms with E-state index in [-0.39, 0.29) is 0 Å². The topological polar surface area (TPSA) is 65.5 Å². The lowest BCUT2D eigenvalue weighted by Gasteiger charge is -2.21. The second kappa shape index (κ2) is 7.30. The first-order valence-electron chi connectivity index (χ1n) is 8.57. The maximum atomic E-state index is 14.9. The zero-order valence-corrected chi connectivity index (χ0v) is 13.8. The van der Waals surface area contributed by atoms with Crippen molar-refractivity contribution < 1.29 is 14.3 Å². The van der Waals surface area contributed by atoms with Crippen LogP contribution in [-0.2, 0) is 17.6 Å². The van der Waals surface area contributed by atoms with Crippen LogP contribution < -0.4 is 5.32 Å². The lowest BCUT2D eigenvalue weighted by atomic mass is 9.97. The largest absolute Gasteiger partial charge is 0.478 e. The van der Waals surface area contributed by atoms with Gasteiger partial charge >= 0.3 is 5.97 Å². The summed E-state index contributed by atoms with van der Waals surface area (Å²) in [6, 6.07) is 4.11. The number of alkyl halides is 1. The number of pyridine rings is 1. The van der Waals surface area contributed by atoms with Crippen LogP contribution in [0.25, 0.3) is 0 Å². The number of aryl methyl sites for hydroxylation is 2. The molecule has 0 saturated carbocycles. The van der Waals surface area contributed by atoms with Crippen molar-refractivity contribution in [1.82, 2.24) is 9.88 Å². The van der Waals surface area contributed by atoms with Gasteiger partial charge in [0.1, 0.15) is 11.5 Å². The van der Waals surface area contributed by atoms with E-state index in [0.29, 0.717) is 38.9 Å². The first-order valence-corrected chi connectivity index (χ1v) is 8.57. The number of aliphatic carboxylic acids is 1. The van der Waals surface area contributed by atoms with E-state index in [0.717, 1.165) is 37.0 Å². The van der Waals surface area contributed by atoms with E-state index in [1.165, 1.54) is 5.56 Å². The molecule has 0 spiro atoms. The third-order valence-electron chi connectivity index (χ3n) is 4.79. The average molecular weight is 333 g/mol. The highest BCUT2D eigenvalue weighted by Gasteiger charge is 2.37. The van der Waals surface area contributed by atoms with E-state index in [1.807, 2.05) is 11.0 Å². The predicted octanol–water partition coefficient (Wildman–Crippen LogP) is 2.43.